The number of aliphatic hydroxyl groups excluding tert-OH is 1. The average Bonchev–Trinajstić information content (AvgIpc) is 2.66. The van der Waals surface area contributed by atoms with Crippen molar-refractivity contribution in [2.45, 2.75) is 12.8 Å². The maximum atomic E-state index is 12.3. The molecule has 1 saturated heterocycles. The van der Waals surface area contributed by atoms with Gasteiger partial charge >= 0.3 is 0 Å². The van der Waals surface area contributed by atoms with Crippen molar-refractivity contribution in [3.05, 3.63) is 42.5 Å². The standard InChI is InChI=1S/C20H26N2O3/c23-15-14-21-10-12-22(13-11-21)20(24)9-4-16-25-19-8-3-6-17-5-1-2-7-18(17)19/h1-3,5-8,23H,4,9-16H2. The van der Waals surface area contributed by atoms with E-state index in [1.807, 2.05) is 29.2 Å². The first kappa shape index (κ1) is 17.7. The van der Waals surface area contributed by atoms with Crippen molar-refractivity contribution in [2.24, 2.45) is 0 Å². The van der Waals surface area contributed by atoms with Crippen LogP contribution in [0, 0.1) is 0 Å². The Bertz CT molecular complexity index is 691. The van der Waals surface area contributed by atoms with Crippen LogP contribution in [0.25, 0.3) is 10.8 Å². The summed E-state index contributed by atoms with van der Waals surface area (Å²) >= 11 is 0. The third kappa shape index (κ3) is 4.71. The molecule has 0 saturated carbocycles. The number of piperazine rings is 1. The summed E-state index contributed by atoms with van der Waals surface area (Å²) in [7, 11) is 0. The number of β-amino-alcohol motifs (C(OH)–C–C–N with tert-alkyl or cyclic N) is 1. The van der Waals surface area contributed by atoms with Crippen molar-refractivity contribution in [1.29, 1.82) is 0 Å². The fraction of sp³-hybridized carbons (Fsp3) is 0.450. The molecule has 1 amide bonds. The van der Waals surface area contributed by atoms with Gasteiger partial charge in [0.25, 0.3) is 0 Å². The van der Waals surface area contributed by atoms with Crippen LogP contribution in [-0.4, -0.2) is 66.8 Å². The Balaban J connectivity index is 1.42. The van der Waals surface area contributed by atoms with Crippen LogP contribution in [0.5, 0.6) is 5.75 Å². The van der Waals surface area contributed by atoms with Crippen LogP contribution in [-0.2, 0) is 4.79 Å². The molecule has 134 valence electrons. The summed E-state index contributed by atoms with van der Waals surface area (Å²) in [5, 5.41) is 11.2. The van der Waals surface area contributed by atoms with Crippen molar-refractivity contribution in [3.8, 4) is 5.75 Å². The fourth-order valence-corrected chi connectivity index (χ4v) is 3.25. The Kier molecular flexibility index (Phi) is 6.25. The highest BCUT2D eigenvalue weighted by Crippen LogP contribution is 2.25. The Hall–Kier alpha value is -2.11. The van der Waals surface area contributed by atoms with Gasteiger partial charge < -0.3 is 14.7 Å². The third-order valence-electron chi connectivity index (χ3n) is 4.68. The molecule has 1 heterocycles. The van der Waals surface area contributed by atoms with Gasteiger partial charge in [-0.1, -0.05) is 36.4 Å². The molecule has 0 spiro atoms. The van der Waals surface area contributed by atoms with Gasteiger partial charge in [0.15, 0.2) is 0 Å². The Morgan fingerprint density at radius 3 is 2.60 bits per heavy atom. The van der Waals surface area contributed by atoms with Gasteiger partial charge in [-0.2, -0.15) is 0 Å². The lowest BCUT2D eigenvalue weighted by Gasteiger charge is -2.34. The first-order valence-electron chi connectivity index (χ1n) is 8.99. The molecule has 5 heteroatoms. The largest absolute Gasteiger partial charge is 0.493 e. The molecule has 0 aliphatic carbocycles. The van der Waals surface area contributed by atoms with Crippen molar-refractivity contribution in [3.63, 3.8) is 0 Å². The highest BCUT2D eigenvalue weighted by Gasteiger charge is 2.20. The predicted octanol–water partition coefficient (Wildman–Crippen LogP) is 2.14. The van der Waals surface area contributed by atoms with Crippen LogP contribution in [0.15, 0.2) is 42.5 Å². The summed E-state index contributed by atoms with van der Waals surface area (Å²) in [4.78, 5) is 16.4. The van der Waals surface area contributed by atoms with E-state index in [1.54, 1.807) is 0 Å². The molecule has 0 radical (unpaired) electrons. The van der Waals surface area contributed by atoms with E-state index in [9.17, 15) is 4.79 Å². The van der Waals surface area contributed by atoms with Gasteiger partial charge in [0.2, 0.25) is 5.91 Å². The van der Waals surface area contributed by atoms with Crippen LogP contribution in [0.3, 0.4) is 0 Å². The number of carbonyl (C=O) groups excluding carboxylic acids is 1. The summed E-state index contributed by atoms with van der Waals surface area (Å²) in [6.45, 7) is 4.62. The van der Waals surface area contributed by atoms with Crippen molar-refractivity contribution in [1.82, 2.24) is 9.80 Å². The summed E-state index contributed by atoms with van der Waals surface area (Å²) in [6, 6.07) is 14.2. The van der Waals surface area contributed by atoms with Gasteiger partial charge in [0, 0.05) is 44.5 Å². The molecule has 0 unspecified atom stereocenters. The molecule has 0 bridgehead atoms. The molecule has 1 fully saturated rings. The van der Waals surface area contributed by atoms with E-state index in [2.05, 4.69) is 23.1 Å². The number of ether oxygens (including phenoxy) is 1. The molecule has 2 aromatic carbocycles. The first-order valence-corrected chi connectivity index (χ1v) is 8.99. The molecular formula is C20H26N2O3. The van der Waals surface area contributed by atoms with Crippen molar-refractivity contribution >= 4 is 16.7 Å². The Morgan fingerprint density at radius 1 is 1.04 bits per heavy atom. The van der Waals surface area contributed by atoms with Crippen LogP contribution in [0.2, 0.25) is 0 Å². The summed E-state index contributed by atoms with van der Waals surface area (Å²) < 4.78 is 5.90. The number of benzene rings is 2. The summed E-state index contributed by atoms with van der Waals surface area (Å²) in [5.41, 5.74) is 0. The zero-order chi connectivity index (χ0) is 17.5. The second-order valence-corrected chi connectivity index (χ2v) is 6.38. The number of nitrogens with zero attached hydrogens (tertiary/aromatic N) is 2. The normalized spacial score (nSPS) is 15.5. The third-order valence-corrected chi connectivity index (χ3v) is 4.68. The molecule has 3 rings (SSSR count). The van der Waals surface area contributed by atoms with E-state index in [0.717, 1.165) is 49.1 Å². The zero-order valence-corrected chi connectivity index (χ0v) is 14.6. The van der Waals surface area contributed by atoms with E-state index < -0.39 is 0 Å². The number of aliphatic hydroxyl groups is 1. The fourth-order valence-electron chi connectivity index (χ4n) is 3.25. The van der Waals surface area contributed by atoms with Gasteiger partial charge in [-0.3, -0.25) is 9.69 Å². The molecule has 5 nitrogen and oxygen atoms in total. The Labute approximate surface area is 148 Å². The molecule has 1 aliphatic rings. The number of rotatable bonds is 7. The quantitative estimate of drug-likeness (QED) is 0.783. The van der Waals surface area contributed by atoms with Gasteiger partial charge in [-0.25, -0.2) is 0 Å². The SMILES string of the molecule is O=C(CCCOc1cccc2ccccc12)N1CCN(CCO)CC1. The van der Waals surface area contributed by atoms with Crippen LogP contribution < -0.4 is 4.74 Å². The maximum Gasteiger partial charge on any atom is 0.222 e. The molecule has 2 aromatic rings. The summed E-state index contributed by atoms with van der Waals surface area (Å²) in [6.07, 6.45) is 1.24. The monoisotopic (exact) mass is 342 g/mol. The van der Waals surface area contributed by atoms with Gasteiger partial charge in [0.05, 0.1) is 13.2 Å². The van der Waals surface area contributed by atoms with Gasteiger partial charge in [-0.05, 0) is 17.9 Å². The Morgan fingerprint density at radius 2 is 1.80 bits per heavy atom. The molecule has 25 heavy (non-hydrogen) atoms. The van der Waals surface area contributed by atoms with E-state index in [-0.39, 0.29) is 12.5 Å². The van der Waals surface area contributed by atoms with Gasteiger partial charge in [-0.15, -0.1) is 0 Å². The minimum absolute atomic E-state index is 0.180. The van der Waals surface area contributed by atoms with E-state index in [0.29, 0.717) is 19.6 Å². The smallest absolute Gasteiger partial charge is 0.222 e. The molecule has 0 atom stereocenters. The lowest BCUT2D eigenvalue weighted by molar-refractivity contribution is -0.133. The number of hydrogen-bond donors (Lipinski definition) is 1. The first-order chi connectivity index (χ1) is 12.3. The van der Waals surface area contributed by atoms with Crippen molar-refractivity contribution < 1.29 is 14.6 Å². The number of hydrogen-bond acceptors (Lipinski definition) is 4. The minimum atomic E-state index is 0.180. The van der Waals surface area contributed by atoms with Gasteiger partial charge in [0.1, 0.15) is 5.75 Å². The molecule has 0 aromatic heterocycles. The summed E-state index contributed by atoms with van der Waals surface area (Å²) in [5.74, 6) is 1.08. The van der Waals surface area contributed by atoms with E-state index in [4.69, 9.17) is 9.84 Å². The lowest BCUT2D eigenvalue weighted by atomic mass is 10.1. The molecule has 1 aliphatic heterocycles. The van der Waals surface area contributed by atoms with Crippen molar-refractivity contribution in [2.75, 3.05) is 45.9 Å². The second kappa shape index (κ2) is 8.83. The van der Waals surface area contributed by atoms with E-state index in [1.165, 1.54) is 0 Å². The highest BCUT2D eigenvalue weighted by molar-refractivity contribution is 5.88. The van der Waals surface area contributed by atoms with Crippen LogP contribution in [0.1, 0.15) is 12.8 Å². The lowest BCUT2D eigenvalue weighted by Crippen LogP contribution is -2.49. The van der Waals surface area contributed by atoms with Crippen LogP contribution >= 0.6 is 0 Å². The average molecular weight is 342 g/mol. The minimum Gasteiger partial charge on any atom is -0.493 e. The topological polar surface area (TPSA) is 53.0 Å². The van der Waals surface area contributed by atoms with E-state index >= 15 is 0 Å². The number of fused-ring (bicyclic) bond motifs is 1. The predicted molar refractivity (Wildman–Crippen MR) is 98.8 cm³/mol. The number of carbonyl (C=O) groups is 1. The zero-order valence-electron chi connectivity index (χ0n) is 14.6. The highest BCUT2D eigenvalue weighted by atomic mass is 16.5. The molecular weight excluding hydrogens is 316 g/mol. The van der Waals surface area contributed by atoms with Crippen LogP contribution in [0.4, 0.5) is 0 Å². The number of amides is 1. The molecule has 1 N–H and O–H groups in total. The second-order valence-electron chi connectivity index (χ2n) is 6.38. The maximum absolute atomic E-state index is 12.3.